The quantitative estimate of drug-likeness (QED) is 0.813. The van der Waals surface area contributed by atoms with Gasteiger partial charge in [-0.15, -0.1) is 0 Å². The zero-order valence-corrected chi connectivity index (χ0v) is 12.4. The first-order valence-electron chi connectivity index (χ1n) is 6.12. The third-order valence-electron chi connectivity index (χ3n) is 2.76. The van der Waals surface area contributed by atoms with E-state index in [1.807, 2.05) is 25.1 Å². The fourth-order valence-electron chi connectivity index (χ4n) is 1.79. The Morgan fingerprint density at radius 2 is 1.95 bits per heavy atom. The topological polar surface area (TPSA) is 46.1 Å². The second kappa shape index (κ2) is 6.68. The molecule has 0 saturated heterocycles. The van der Waals surface area contributed by atoms with Gasteiger partial charge in [0.15, 0.2) is 0 Å². The van der Waals surface area contributed by atoms with Crippen molar-refractivity contribution in [3.05, 3.63) is 58.1 Å². The van der Waals surface area contributed by atoms with Crippen molar-refractivity contribution in [2.45, 2.75) is 13.5 Å². The van der Waals surface area contributed by atoms with Crippen molar-refractivity contribution in [2.24, 2.45) is 0 Å². The minimum absolute atomic E-state index is 0.149. The highest BCUT2D eigenvalue weighted by Gasteiger charge is 2.16. The molecule has 1 amide bonds. The Kier molecular flexibility index (Phi) is 4.93. The van der Waals surface area contributed by atoms with E-state index in [1.165, 1.54) is 12.1 Å². The Morgan fingerprint density at radius 1 is 1.25 bits per heavy atom. The Labute approximate surface area is 127 Å². The predicted molar refractivity (Wildman–Crippen MR) is 78.9 cm³/mol. The van der Waals surface area contributed by atoms with E-state index in [0.29, 0.717) is 18.7 Å². The average Bonchev–Trinajstić information content (AvgIpc) is 2.44. The van der Waals surface area contributed by atoms with E-state index in [1.54, 1.807) is 11.1 Å². The maximum atomic E-state index is 12.4. The molecule has 104 valence electrons. The number of carbonyl (C=O) groups excluding carboxylic acids is 1. The molecule has 2 heterocycles. The maximum Gasteiger partial charge on any atom is 0.254 e. The number of halogens is 2. The molecule has 0 unspecified atom stereocenters. The molecule has 2 aromatic heterocycles. The van der Waals surface area contributed by atoms with Crippen molar-refractivity contribution >= 4 is 29.1 Å². The zero-order valence-electron chi connectivity index (χ0n) is 10.9. The number of aromatic nitrogens is 2. The smallest absolute Gasteiger partial charge is 0.254 e. The third-order valence-corrected chi connectivity index (χ3v) is 3.14. The van der Waals surface area contributed by atoms with Crippen LogP contribution in [0.15, 0.2) is 36.5 Å². The summed E-state index contributed by atoms with van der Waals surface area (Å²) in [6.45, 7) is 2.91. The van der Waals surface area contributed by atoms with E-state index in [9.17, 15) is 4.79 Å². The van der Waals surface area contributed by atoms with Gasteiger partial charge in [0.1, 0.15) is 10.3 Å². The standard InChI is InChI=1S/C14H13Cl2N3O/c1-2-19(9-11-5-3-4-6-17-11)14(20)10-7-12(15)18-13(16)8-10/h3-8H,2,9H2,1H3. The maximum absolute atomic E-state index is 12.4. The van der Waals surface area contributed by atoms with Gasteiger partial charge in [0.2, 0.25) is 0 Å². The summed E-state index contributed by atoms with van der Waals surface area (Å²) in [5.41, 5.74) is 1.25. The van der Waals surface area contributed by atoms with Gasteiger partial charge < -0.3 is 4.90 Å². The van der Waals surface area contributed by atoms with Crippen LogP contribution in [-0.4, -0.2) is 27.3 Å². The van der Waals surface area contributed by atoms with Gasteiger partial charge in [-0.1, -0.05) is 29.3 Å². The van der Waals surface area contributed by atoms with E-state index in [-0.39, 0.29) is 16.2 Å². The zero-order chi connectivity index (χ0) is 14.5. The van der Waals surface area contributed by atoms with Crippen molar-refractivity contribution in [3.8, 4) is 0 Å². The van der Waals surface area contributed by atoms with Gasteiger partial charge >= 0.3 is 0 Å². The largest absolute Gasteiger partial charge is 0.333 e. The van der Waals surface area contributed by atoms with Crippen LogP contribution in [0.5, 0.6) is 0 Å². The number of hydrogen-bond donors (Lipinski definition) is 0. The van der Waals surface area contributed by atoms with Gasteiger partial charge in [0.25, 0.3) is 5.91 Å². The molecule has 20 heavy (non-hydrogen) atoms. The SMILES string of the molecule is CCN(Cc1ccccn1)C(=O)c1cc(Cl)nc(Cl)c1. The highest BCUT2D eigenvalue weighted by Crippen LogP contribution is 2.17. The minimum atomic E-state index is -0.149. The van der Waals surface area contributed by atoms with E-state index in [4.69, 9.17) is 23.2 Å². The fourth-order valence-corrected chi connectivity index (χ4v) is 2.25. The molecular weight excluding hydrogens is 297 g/mol. The Morgan fingerprint density at radius 3 is 2.50 bits per heavy atom. The van der Waals surface area contributed by atoms with Gasteiger partial charge in [0, 0.05) is 18.3 Å². The molecule has 0 aromatic carbocycles. The number of rotatable bonds is 4. The lowest BCUT2D eigenvalue weighted by Crippen LogP contribution is -2.30. The summed E-state index contributed by atoms with van der Waals surface area (Å²) in [7, 11) is 0. The summed E-state index contributed by atoms with van der Waals surface area (Å²) >= 11 is 11.6. The number of hydrogen-bond acceptors (Lipinski definition) is 3. The molecule has 0 bridgehead atoms. The van der Waals surface area contributed by atoms with Crippen molar-refractivity contribution in [1.29, 1.82) is 0 Å². The second-order valence-corrected chi connectivity index (χ2v) is 4.92. The summed E-state index contributed by atoms with van der Waals surface area (Å²) < 4.78 is 0. The predicted octanol–water partition coefficient (Wildman–Crippen LogP) is 3.45. The van der Waals surface area contributed by atoms with Crippen LogP contribution in [0.3, 0.4) is 0 Å². The number of nitrogens with zero attached hydrogens (tertiary/aromatic N) is 3. The fraction of sp³-hybridized carbons (Fsp3) is 0.214. The van der Waals surface area contributed by atoms with Crippen LogP contribution in [0.4, 0.5) is 0 Å². The number of pyridine rings is 2. The van der Waals surface area contributed by atoms with Crippen LogP contribution in [-0.2, 0) is 6.54 Å². The molecule has 0 N–H and O–H groups in total. The van der Waals surface area contributed by atoms with Crippen LogP contribution < -0.4 is 0 Å². The molecule has 0 aliphatic heterocycles. The first-order valence-corrected chi connectivity index (χ1v) is 6.88. The van der Waals surface area contributed by atoms with Gasteiger partial charge in [-0.3, -0.25) is 9.78 Å². The Balaban J connectivity index is 2.20. The molecule has 0 fully saturated rings. The lowest BCUT2D eigenvalue weighted by atomic mass is 10.2. The molecule has 2 aromatic rings. The van der Waals surface area contributed by atoms with Gasteiger partial charge in [-0.2, -0.15) is 0 Å². The van der Waals surface area contributed by atoms with Crippen molar-refractivity contribution < 1.29 is 4.79 Å². The molecule has 0 atom stereocenters. The van der Waals surface area contributed by atoms with E-state index >= 15 is 0 Å². The lowest BCUT2D eigenvalue weighted by molar-refractivity contribution is 0.0750. The van der Waals surface area contributed by atoms with Crippen LogP contribution >= 0.6 is 23.2 Å². The third kappa shape index (κ3) is 3.68. The molecule has 4 nitrogen and oxygen atoms in total. The van der Waals surface area contributed by atoms with E-state index in [0.717, 1.165) is 5.69 Å². The number of carbonyl (C=O) groups is 1. The van der Waals surface area contributed by atoms with Crippen molar-refractivity contribution in [1.82, 2.24) is 14.9 Å². The first-order chi connectivity index (χ1) is 9.60. The van der Waals surface area contributed by atoms with Crippen LogP contribution in [0.1, 0.15) is 23.0 Å². The molecule has 6 heteroatoms. The lowest BCUT2D eigenvalue weighted by Gasteiger charge is -2.20. The van der Waals surface area contributed by atoms with Crippen molar-refractivity contribution in [2.75, 3.05) is 6.54 Å². The molecular formula is C14H13Cl2N3O. The normalized spacial score (nSPS) is 10.3. The minimum Gasteiger partial charge on any atom is -0.333 e. The first kappa shape index (κ1) is 14.8. The molecule has 0 aliphatic rings. The highest BCUT2D eigenvalue weighted by molar-refractivity contribution is 6.33. The van der Waals surface area contributed by atoms with E-state index in [2.05, 4.69) is 9.97 Å². The summed E-state index contributed by atoms with van der Waals surface area (Å²) in [6.07, 6.45) is 1.70. The Hall–Kier alpha value is -1.65. The monoisotopic (exact) mass is 309 g/mol. The average molecular weight is 310 g/mol. The molecule has 0 saturated carbocycles. The Bertz CT molecular complexity index is 584. The van der Waals surface area contributed by atoms with Gasteiger partial charge in [0.05, 0.1) is 12.2 Å². The van der Waals surface area contributed by atoms with Crippen LogP contribution in [0.25, 0.3) is 0 Å². The van der Waals surface area contributed by atoms with E-state index < -0.39 is 0 Å². The van der Waals surface area contributed by atoms with Gasteiger partial charge in [-0.25, -0.2) is 4.98 Å². The summed E-state index contributed by atoms with van der Waals surface area (Å²) in [5, 5.41) is 0.407. The molecule has 2 rings (SSSR count). The van der Waals surface area contributed by atoms with Crippen LogP contribution in [0.2, 0.25) is 10.3 Å². The summed E-state index contributed by atoms with van der Waals surface area (Å²) in [5.74, 6) is -0.149. The molecule has 0 aliphatic carbocycles. The second-order valence-electron chi connectivity index (χ2n) is 4.14. The summed E-state index contributed by atoms with van der Waals surface area (Å²) in [4.78, 5) is 22.2. The molecule has 0 spiro atoms. The number of amides is 1. The highest BCUT2D eigenvalue weighted by atomic mass is 35.5. The van der Waals surface area contributed by atoms with Gasteiger partial charge in [-0.05, 0) is 31.2 Å². The van der Waals surface area contributed by atoms with Crippen molar-refractivity contribution in [3.63, 3.8) is 0 Å². The molecule has 0 radical (unpaired) electrons. The summed E-state index contributed by atoms with van der Waals surface area (Å²) in [6, 6.07) is 8.63. The van der Waals surface area contributed by atoms with Crippen LogP contribution in [0, 0.1) is 0 Å².